The molecule has 0 saturated carbocycles. The molecule has 3 N–H and O–H groups in total. The third kappa shape index (κ3) is 4.70. The molecule has 1 aliphatic heterocycles. The van der Waals surface area contributed by atoms with Crippen molar-refractivity contribution in [2.45, 2.75) is 26.2 Å². The van der Waals surface area contributed by atoms with E-state index in [0.717, 1.165) is 89.3 Å². The summed E-state index contributed by atoms with van der Waals surface area (Å²) in [7, 11) is 2.16. The number of rotatable bonds is 7. The fourth-order valence-electron chi connectivity index (χ4n) is 4.92. The van der Waals surface area contributed by atoms with Crippen LogP contribution in [0.2, 0.25) is 0 Å². The maximum absolute atomic E-state index is 12.2. The van der Waals surface area contributed by atoms with E-state index < -0.39 is 0 Å². The number of anilines is 2. The zero-order valence-corrected chi connectivity index (χ0v) is 21.7. The molecule has 10 heteroatoms. The molecule has 38 heavy (non-hydrogen) atoms. The maximum Gasteiger partial charge on any atom is 0.224 e. The van der Waals surface area contributed by atoms with E-state index in [2.05, 4.69) is 60.3 Å². The number of carbonyl (C=O) groups excluding carboxylic acids is 1. The van der Waals surface area contributed by atoms with E-state index in [1.807, 2.05) is 30.6 Å². The van der Waals surface area contributed by atoms with Crippen LogP contribution in [0.5, 0.6) is 0 Å². The van der Waals surface area contributed by atoms with Crippen LogP contribution in [0, 0.1) is 0 Å². The zero-order valence-electron chi connectivity index (χ0n) is 21.7. The van der Waals surface area contributed by atoms with E-state index in [1.165, 1.54) is 0 Å². The summed E-state index contributed by atoms with van der Waals surface area (Å²) in [5.41, 5.74) is 7.59. The molecule has 0 radical (unpaired) electrons. The summed E-state index contributed by atoms with van der Waals surface area (Å²) >= 11 is 0. The fourth-order valence-corrected chi connectivity index (χ4v) is 4.92. The molecular formula is C28H31N9O. The fraction of sp³-hybridized carbons (Fsp3) is 0.321. The van der Waals surface area contributed by atoms with Crippen LogP contribution in [0.25, 0.3) is 44.6 Å². The summed E-state index contributed by atoms with van der Waals surface area (Å²) in [6.07, 6.45) is 9.56. The van der Waals surface area contributed by atoms with E-state index in [-0.39, 0.29) is 5.91 Å². The molecule has 0 aromatic carbocycles. The summed E-state index contributed by atoms with van der Waals surface area (Å²) in [4.78, 5) is 34.2. The van der Waals surface area contributed by atoms with Gasteiger partial charge in [0.2, 0.25) is 5.91 Å². The van der Waals surface area contributed by atoms with Gasteiger partial charge in [0, 0.05) is 49.7 Å². The summed E-state index contributed by atoms with van der Waals surface area (Å²) in [5.74, 6) is -0.00410. The number of nitrogens with one attached hydrogen (secondary N) is 3. The molecule has 1 amide bonds. The highest BCUT2D eigenvalue weighted by molar-refractivity contribution is 5.99. The molecule has 194 valence electrons. The molecule has 0 aliphatic carbocycles. The van der Waals surface area contributed by atoms with Crippen molar-refractivity contribution in [1.29, 1.82) is 0 Å². The van der Waals surface area contributed by atoms with Crippen molar-refractivity contribution in [1.82, 2.24) is 35.0 Å². The Balaban J connectivity index is 1.33. The Hall–Kier alpha value is -4.31. The Morgan fingerprint density at radius 3 is 2.71 bits per heavy atom. The van der Waals surface area contributed by atoms with E-state index in [1.54, 1.807) is 12.4 Å². The van der Waals surface area contributed by atoms with Gasteiger partial charge in [-0.25, -0.2) is 4.98 Å². The number of fused-ring (bicyclic) bond motifs is 2. The minimum Gasteiger partial charge on any atom is -0.367 e. The molecule has 1 saturated heterocycles. The lowest BCUT2D eigenvalue weighted by Gasteiger charge is -2.34. The van der Waals surface area contributed by atoms with Gasteiger partial charge in [0.25, 0.3) is 0 Å². The van der Waals surface area contributed by atoms with Crippen molar-refractivity contribution in [3.8, 4) is 22.6 Å². The predicted octanol–water partition coefficient (Wildman–Crippen LogP) is 4.44. The minimum absolute atomic E-state index is 0.00410. The Morgan fingerprint density at radius 1 is 1.03 bits per heavy atom. The number of hydrogen-bond acceptors (Lipinski definition) is 7. The van der Waals surface area contributed by atoms with Crippen molar-refractivity contribution in [3.05, 3.63) is 49.1 Å². The summed E-state index contributed by atoms with van der Waals surface area (Å²) in [6, 6.07) is 7.95. The van der Waals surface area contributed by atoms with Crippen LogP contribution in [0.4, 0.5) is 11.4 Å². The van der Waals surface area contributed by atoms with Gasteiger partial charge < -0.3 is 20.1 Å². The zero-order chi connectivity index (χ0) is 26.1. The van der Waals surface area contributed by atoms with Crippen molar-refractivity contribution in [2.24, 2.45) is 0 Å². The van der Waals surface area contributed by atoms with Crippen LogP contribution in [-0.4, -0.2) is 74.2 Å². The Kier molecular flexibility index (Phi) is 6.47. The smallest absolute Gasteiger partial charge is 0.224 e. The SMILES string of the molecule is CCCCC(=O)Nc1cncc(-c2ccc3[nH]nc(-c4cc5c(N6CCN(C)CC6)cncc5[nH]4)c3n2)c1. The van der Waals surface area contributed by atoms with Gasteiger partial charge in [-0.1, -0.05) is 13.3 Å². The van der Waals surface area contributed by atoms with E-state index >= 15 is 0 Å². The second-order valence-corrected chi connectivity index (χ2v) is 9.87. The molecule has 0 spiro atoms. The standard InChI is InChI=1S/C28H31N9O/c1-3-4-5-26(38)31-19-12-18(14-29-15-19)21-6-7-22-27(33-21)28(35-34-22)23-13-20-24(32-23)16-30-17-25(20)37-10-8-36(2)9-11-37/h6-7,12-17,32H,3-5,8-11H2,1-2H3,(H,31,38)(H,34,35). The van der Waals surface area contributed by atoms with E-state index in [9.17, 15) is 4.79 Å². The number of carbonyl (C=O) groups is 1. The van der Waals surface area contributed by atoms with Crippen molar-refractivity contribution in [2.75, 3.05) is 43.4 Å². The molecule has 5 aromatic rings. The average molecular weight is 510 g/mol. The maximum atomic E-state index is 12.2. The normalized spacial score (nSPS) is 14.4. The van der Waals surface area contributed by atoms with Crippen LogP contribution in [0.15, 0.2) is 49.1 Å². The Labute approximate surface area is 220 Å². The lowest BCUT2D eigenvalue weighted by molar-refractivity contribution is -0.116. The number of nitrogens with zero attached hydrogens (tertiary/aromatic N) is 6. The molecule has 0 atom stereocenters. The van der Waals surface area contributed by atoms with Gasteiger partial charge in [-0.15, -0.1) is 0 Å². The quantitative estimate of drug-likeness (QED) is 0.297. The average Bonchev–Trinajstić information content (AvgIpc) is 3.56. The first kappa shape index (κ1) is 24.1. The largest absolute Gasteiger partial charge is 0.367 e. The van der Waals surface area contributed by atoms with Crippen LogP contribution >= 0.6 is 0 Å². The first-order valence-corrected chi connectivity index (χ1v) is 13.1. The van der Waals surface area contributed by atoms with Crippen LogP contribution in [-0.2, 0) is 4.79 Å². The van der Waals surface area contributed by atoms with E-state index in [4.69, 9.17) is 4.98 Å². The van der Waals surface area contributed by atoms with Gasteiger partial charge in [0.05, 0.1) is 52.4 Å². The molecule has 6 heterocycles. The van der Waals surface area contributed by atoms with Gasteiger partial charge in [0.15, 0.2) is 0 Å². The number of unbranched alkanes of at least 4 members (excludes halogenated alkanes) is 1. The number of hydrogen-bond donors (Lipinski definition) is 3. The van der Waals surface area contributed by atoms with Crippen molar-refractivity contribution < 1.29 is 4.79 Å². The molecule has 10 nitrogen and oxygen atoms in total. The van der Waals surface area contributed by atoms with E-state index in [0.29, 0.717) is 12.1 Å². The Bertz CT molecular complexity index is 1600. The molecule has 1 aliphatic rings. The monoisotopic (exact) mass is 509 g/mol. The highest BCUT2D eigenvalue weighted by Gasteiger charge is 2.20. The van der Waals surface area contributed by atoms with Gasteiger partial charge in [-0.2, -0.15) is 5.10 Å². The van der Waals surface area contributed by atoms with Gasteiger partial charge in [0.1, 0.15) is 11.2 Å². The van der Waals surface area contributed by atoms with Gasteiger partial charge >= 0.3 is 0 Å². The second-order valence-electron chi connectivity index (χ2n) is 9.87. The number of likely N-dealkylation sites (N-methyl/N-ethyl adjacent to an activating group) is 1. The second kappa shape index (κ2) is 10.2. The van der Waals surface area contributed by atoms with Gasteiger partial charge in [-0.3, -0.25) is 19.9 Å². The first-order chi connectivity index (χ1) is 18.6. The molecule has 6 rings (SSSR count). The molecule has 0 bridgehead atoms. The van der Waals surface area contributed by atoms with Crippen LogP contribution < -0.4 is 10.2 Å². The molecule has 5 aromatic heterocycles. The van der Waals surface area contributed by atoms with Gasteiger partial charge in [-0.05, 0) is 37.7 Å². The van der Waals surface area contributed by atoms with Crippen molar-refractivity contribution >= 4 is 39.2 Å². The predicted molar refractivity (Wildman–Crippen MR) is 150 cm³/mol. The lowest BCUT2D eigenvalue weighted by atomic mass is 10.1. The first-order valence-electron chi connectivity index (χ1n) is 13.1. The summed E-state index contributed by atoms with van der Waals surface area (Å²) < 4.78 is 0. The highest BCUT2D eigenvalue weighted by atomic mass is 16.1. The third-order valence-electron chi connectivity index (χ3n) is 7.11. The van der Waals surface area contributed by atoms with Crippen LogP contribution in [0.1, 0.15) is 26.2 Å². The summed E-state index contributed by atoms with van der Waals surface area (Å²) in [6.45, 7) is 6.08. The molecule has 0 unspecified atom stereocenters. The summed E-state index contributed by atoms with van der Waals surface area (Å²) in [5, 5.41) is 11.8. The Morgan fingerprint density at radius 2 is 1.87 bits per heavy atom. The molecular weight excluding hydrogens is 478 g/mol. The van der Waals surface area contributed by atoms with Crippen LogP contribution in [0.3, 0.4) is 0 Å². The topological polar surface area (TPSA) is 119 Å². The number of pyridine rings is 3. The third-order valence-corrected chi connectivity index (χ3v) is 7.11. The number of aromatic amines is 2. The van der Waals surface area contributed by atoms with Crippen molar-refractivity contribution in [3.63, 3.8) is 0 Å². The number of amides is 1. The number of piperazine rings is 1. The molecule has 1 fully saturated rings. The number of H-pyrrole nitrogens is 2. The number of aromatic nitrogens is 6. The lowest BCUT2D eigenvalue weighted by Crippen LogP contribution is -2.44. The minimum atomic E-state index is -0.00410. The highest BCUT2D eigenvalue weighted by Crippen LogP contribution is 2.33.